The molecule has 0 bridgehead atoms. The summed E-state index contributed by atoms with van der Waals surface area (Å²) in [6.45, 7) is 5.74. The molecule has 1 saturated carbocycles. The van der Waals surface area contributed by atoms with E-state index in [4.69, 9.17) is 0 Å². The molecule has 1 aromatic rings. The Balaban J connectivity index is 1.42. The Morgan fingerprint density at radius 3 is 2.86 bits per heavy atom. The molecule has 1 aromatic heterocycles. The van der Waals surface area contributed by atoms with Gasteiger partial charge < -0.3 is 15.1 Å². The molecule has 1 aliphatic heterocycles. The van der Waals surface area contributed by atoms with E-state index < -0.39 is 0 Å². The lowest BCUT2D eigenvalue weighted by molar-refractivity contribution is -0.128. The normalized spacial score (nSPS) is 21.5. The van der Waals surface area contributed by atoms with Crippen LogP contribution in [0, 0.1) is 5.92 Å². The van der Waals surface area contributed by atoms with Crippen molar-refractivity contribution in [1.82, 2.24) is 15.2 Å². The van der Waals surface area contributed by atoms with Crippen LogP contribution in [0.1, 0.15) is 31.7 Å². The summed E-state index contributed by atoms with van der Waals surface area (Å²) in [7, 11) is 2.04. The van der Waals surface area contributed by atoms with Crippen LogP contribution in [0.3, 0.4) is 0 Å². The van der Waals surface area contributed by atoms with Gasteiger partial charge in [0.25, 0.3) is 0 Å². The molecule has 1 N–H and O–H groups in total. The maximum absolute atomic E-state index is 11.9. The van der Waals surface area contributed by atoms with Gasteiger partial charge in [-0.25, -0.2) is 4.98 Å². The molecule has 5 nitrogen and oxygen atoms in total. The van der Waals surface area contributed by atoms with Crippen molar-refractivity contribution < 1.29 is 4.79 Å². The summed E-state index contributed by atoms with van der Waals surface area (Å²) in [6.07, 6.45) is 5.05. The van der Waals surface area contributed by atoms with Crippen LogP contribution in [0.5, 0.6) is 0 Å². The number of aromatic nitrogens is 1. The van der Waals surface area contributed by atoms with E-state index in [2.05, 4.69) is 39.2 Å². The number of nitrogens with zero attached hydrogens (tertiary/aromatic N) is 3. The minimum atomic E-state index is 0.350. The van der Waals surface area contributed by atoms with Crippen LogP contribution in [-0.2, 0) is 11.3 Å². The van der Waals surface area contributed by atoms with Gasteiger partial charge in [-0.2, -0.15) is 0 Å². The van der Waals surface area contributed by atoms with Crippen LogP contribution in [0.15, 0.2) is 18.3 Å². The third-order valence-electron chi connectivity index (χ3n) is 4.66. The molecule has 1 amide bonds. The molecule has 5 heteroatoms. The highest BCUT2D eigenvalue weighted by Crippen LogP contribution is 2.32. The molecule has 22 heavy (non-hydrogen) atoms. The smallest absolute Gasteiger partial charge is 0.223 e. The van der Waals surface area contributed by atoms with Crippen molar-refractivity contribution in [3.05, 3.63) is 23.9 Å². The number of hydrogen-bond acceptors (Lipinski definition) is 4. The molecule has 3 rings (SSSR count). The van der Waals surface area contributed by atoms with Crippen molar-refractivity contribution in [2.75, 3.05) is 31.6 Å². The van der Waals surface area contributed by atoms with Gasteiger partial charge >= 0.3 is 0 Å². The maximum Gasteiger partial charge on any atom is 0.223 e. The Hall–Kier alpha value is -1.62. The number of amides is 1. The van der Waals surface area contributed by atoms with Gasteiger partial charge in [-0.3, -0.25) is 4.79 Å². The lowest BCUT2D eigenvalue weighted by Crippen LogP contribution is -2.29. The van der Waals surface area contributed by atoms with Gasteiger partial charge in [-0.1, -0.05) is 6.07 Å². The molecule has 120 valence electrons. The molecule has 2 heterocycles. The van der Waals surface area contributed by atoms with Gasteiger partial charge in [0, 0.05) is 51.9 Å². The Morgan fingerprint density at radius 2 is 2.23 bits per heavy atom. The van der Waals surface area contributed by atoms with Gasteiger partial charge in [0.15, 0.2) is 0 Å². The number of likely N-dealkylation sites (tertiary alicyclic amines) is 1. The summed E-state index contributed by atoms with van der Waals surface area (Å²) >= 11 is 0. The average molecular weight is 302 g/mol. The lowest BCUT2D eigenvalue weighted by atomic mass is 10.1. The zero-order chi connectivity index (χ0) is 15.5. The minimum absolute atomic E-state index is 0.350. The highest BCUT2D eigenvalue weighted by Gasteiger charge is 2.38. The van der Waals surface area contributed by atoms with Crippen LogP contribution in [-0.4, -0.2) is 48.5 Å². The lowest BCUT2D eigenvalue weighted by Gasteiger charge is -2.16. The predicted octanol–water partition coefficient (Wildman–Crippen LogP) is 1.64. The fourth-order valence-electron chi connectivity index (χ4n) is 3.01. The van der Waals surface area contributed by atoms with Gasteiger partial charge in [0.05, 0.1) is 0 Å². The Kier molecular flexibility index (Phi) is 4.62. The quantitative estimate of drug-likeness (QED) is 0.832. The van der Waals surface area contributed by atoms with Crippen LogP contribution < -0.4 is 10.2 Å². The Labute approximate surface area is 132 Å². The summed E-state index contributed by atoms with van der Waals surface area (Å²) in [4.78, 5) is 20.6. The number of anilines is 1. The molecular weight excluding hydrogens is 276 g/mol. The third kappa shape index (κ3) is 3.58. The maximum atomic E-state index is 11.9. The number of rotatable bonds is 7. The fraction of sp³-hybridized carbons (Fsp3) is 0.647. The monoisotopic (exact) mass is 302 g/mol. The first kappa shape index (κ1) is 15.3. The van der Waals surface area contributed by atoms with E-state index >= 15 is 0 Å². The van der Waals surface area contributed by atoms with Gasteiger partial charge in [-0.15, -0.1) is 0 Å². The standard InChI is InChI=1S/C17H26N4O/c1-3-20(2)16-7-4-13(11-19-16)9-18-10-14-8-17(22)21(12-14)15-5-6-15/h4,7,11,14-15,18H,3,5-6,8-10,12H2,1-2H3. The van der Waals surface area contributed by atoms with Crippen molar-refractivity contribution >= 4 is 11.7 Å². The molecule has 0 radical (unpaired) electrons. The molecule has 1 aliphatic carbocycles. The first-order chi connectivity index (χ1) is 10.7. The number of nitrogens with one attached hydrogen (secondary N) is 1. The van der Waals surface area contributed by atoms with Crippen LogP contribution in [0.4, 0.5) is 5.82 Å². The van der Waals surface area contributed by atoms with Crippen LogP contribution in [0.2, 0.25) is 0 Å². The van der Waals surface area contributed by atoms with Gasteiger partial charge in [-0.05, 0) is 37.3 Å². The molecule has 1 atom stereocenters. The predicted molar refractivity (Wildman–Crippen MR) is 87.7 cm³/mol. The van der Waals surface area contributed by atoms with Crippen molar-refractivity contribution in [2.45, 2.75) is 38.8 Å². The molecule has 2 fully saturated rings. The van der Waals surface area contributed by atoms with Crippen molar-refractivity contribution in [1.29, 1.82) is 0 Å². The zero-order valence-corrected chi connectivity index (χ0v) is 13.6. The Morgan fingerprint density at radius 1 is 1.41 bits per heavy atom. The van der Waals surface area contributed by atoms with Crippen LogP contribution >= 0.6 is 0 Å². The van der Waals surface area contributed by atoms with E-state index in [0.717, 1.165) is 32.0 Å². The number of hydrogen-bond donors (Lipinski definition) is 1. The fourth-order valence-corrected chi connectivity index (χ4v) is 3.01. The second-order valence-corrected chi connectivity index (χ2v) is 6.52. The third-order valence-corrected chi connectivity index (χ3v) is 4.66. The van der Waals surface area contributed by atoms with Crippen molar-refractivity contribution in [2.24, 2.45) is 5.92 Å². The highest BCUT2D eigenvalue weighted by atomic mass is 16.2. The first-order valence-electron chi connectivity index (χ1n) is 8.33. The highest BCUT2D eigenvalue weighted by molar-refractivity contribution is 5.79. The average Bonchev–Trinajstić information content (AvgIpc) is 3.31. The van der Waals surface area contributed by atoms with E-state index in [0.29, 0.717) is 24.3 Å². The first-order valence-corrected chi connectivity index (χ1v) is 8.33. The molecule has 1 unspecified atom stereocenters. The second kappa shape index (κ2) is 6.65. The van der Waals surface area contributed by atoms with E-state index in [1.165, 1.54) is 18.4 Å². The minimum Gasteiger partial charge on any atom is -0.360 e. The van der Waals surface area contributed by atoms with Gasteiger partial charge in [0.1, 0.15) is 5.82 Å². The molecular formula is C17H26N4O. The van der Waals surface area contributed by atoms with Crippen LogP contribution in [0.25, 0.3) is 0 Å². The molecule has 0 aromatic carbocycles. The molecule has 2 aliphatic rings. The number of pyridine rings is 1. The largest absolute Gasteiger partial charge is 0.360 e. The number of carbonyl (C=O) groups excluding carboxylic acids is 1. The van der Waals surface area contributed by atoms with E-state index in [1.807, 2.05) is 13.2 Å². The van der Waals surface area contributed by atoms with Crippen molar-refractivity contribution in [3.8, 4) is 0 Å². The SMILES string of the molecule is CCN(C)c1ccc(CNCC2CC(=O)N(C3CC3)C2)cn1. The van der Waals surface area contributed by atoms with E-state index in [1.54, 1.807) is 0 Å². The Bertz CT molecular complexity index is 512. The summed E-state index contributed by atoms with van der Waals surface area (Å²) in [5.74, 6) is 1.82. The number of carbonyl (C=O) groups is 1. The summed E-state index contributed by atoms with van der Waals surface area (Å²) in [6, 6.07) is 4.75. The second-order valence-electron chi connectivity index (χ2n) is 6.52. The van der Waals surface area contributed by atoms with Crippen molar-refractivity contribution in [3.63, 3.8) is 0 Å². The van der Waals surface area contributed by atoms with E-state index in [9.17, 15) is 4.79 Å². The summed E-state index contributed by atoms with van der Waals surface area (Å²) < 4.78 is 0. The molecule has 1 saturated heterocycles. The summed E-state index contributed by atoms with van der Waals surface area (Å²) in [5, 5.41) is 3.47. The topological polar surface area (TPSA) is 48.5 Å². The zero-order valence-electron chi connectivity index (χ0n) is 13.6. The van der Waals surface area contributed by atoms with Gasteiger partial charge in [0.2, 0.25) is 5.91 Å². The van der Waals surface area contributed by atoms with E-state index in [-0.39, 0.29) is 0 Å². The summed E-state index contributed by atoms with van der Waals surface area (Å²) in [5.41, 5.74) is 1.19. The molecule has 0 spiro atoms.